The first-order valence-electron chi connectivity index (χ1n) is 7.85. The fourth-order valence-corrected chi connectivity index (χ4v) is 1.92. The summed E-state index contributed by atoms with van der Waals surface area (Å²) in [5, 5.41) is 22.9. The van der Waals surface area contributed by atoms with Gasteiger partial charge in [-0.05, 0) is 32.7 Å². The van der Waals surface area contributed by atoms with Crippen LogP contribution in [0.3, 0.4) is 0 Å². The van der Waals surface area contributed by atoms with Crippen LogP contribution in [0.15, 0.2) is 0 Å². The van der Waals surface area contributed by atoms with Crippen LogP contribution < -0.4 is 27.8 Å². The molecule has 0 saturated heterocycles. The van der Waals surface area contributed by atoms with Crippen LogP contribution in [0.25, 0.3) is 0 Å². The number of carbonyl (C=O) groups is 4. The largest absolute Gasteiger partial charge is 0.480 e. The molecule has 3 amide bonds. The van der Waals surface area contributed by atoms with E-state index in [0.29, 0.717) is 19.4 Å². The van der Waals surface area contributed by atoms with Gasteiger partial charge in [0.15, 0.2) is 0 Å². The Bertz CT molecular complexity index is 484. The van der Waals surface area contributed by atoms with Crippen LogP contribution in [0.4, 0.5) is 0 Å². The molecule has 0 radical (unpaired) electrons. The van der Waals surface area contributed by atoms with Gasteiger partial charge in [-0.25, -0.2) is 4.79 Å². The Labute approximate surface area is 145 Å². The predicted molar refractivity (Wildman–Crippen MR) is 87.9 cm³/mol. The average Bonchev–Trinajstić information content (AvgIpc) is 2.51. The average molecular weight is 361 g/mol. The van der Waals surface area contributed by atoms with Gasteiger partial charge in [0.2, 0.25) is 17.7 Å². The molecule has 0 spiro atoms. The van der Waals surface area contributed by atoms with Crippen LogP contribution in [-0.4, -0.2) is 64.7 Å². The van der Waals surface area contributed by atoms with E-state index in [9.17, 15) is 24.3 Å². The number of primary amides is 1. The normalized spacial score (nSPS) is 15.5. The zero-order valence-corrected chi connectivity index (χ0v) is 14.1. The Morgan fingerprint density at radius 1 is 1.04 bits per heavy atom. The summed E-state index contributed by atoms with van der Waals surface area (Å²) in [6, 6.07) is -3.84. The highest BCUT2D eigenvalue weighted by Crippen LogP contribution is 2.04. The second kappa shape index (κ2) is 11.3. The Balaban J connectivity index is 5.04. The van der Waals surface area contributed by atoms with Gasteiger partial charge in [-0.2, -0.15) is 0 Å². The minimum Gasteiger partial charge on any atom is -0.480 e. The van der Waals surface area contributed by atoms with Crippen LogP contribution in [0, 0.1) is 0 Å². The molecule has 0 heterocycles. The number of rotatable bonds is 12. The lowest BCUT2D eigenvalue weighted by molar-refractivity contribution is -0.143. The van der Waals surface area contributed by atoms with Gasteiger partial charge in [0.25, 0.3) is 0 Å². The summed E-state index contributed by atoms with van der Waals surface area (Å²) in [5.41, 5.74) is 15.8. The summed E-state index contributed by atoms with van der Waals surface area (Å²) < 4.78 is 0. The third-order valence-electron chi connectivity index (χ3n) is 3.42. The Kier molecular flexibility index (Phi) is 10.3. The predicted octanol–water partition coefficient (Wildman–Crippen LogP) is -3.25. The molecule has 0 rings (SSSR count). The minimum absolute atomic E-state index is 0.185. The summed E-state index contributed by atoms with van der Waals surface area (Å²) in [5.74, 6) is -3.88. The Hall–Kier alpha value is -2.24. The van der Waals surface area contributed by atoms with Crippen molar-refractivity contribution in [2.75, 3.05) is 6.54 Å². The molecule has 4 atom stereocenters. The summed E-state index contributed by atoms with van der Waals surface area (Å²) in [7, 11) is 0. The molecular weight excluding hydrogens is 334 g/mol. The highest BCUT2D eigenvalue weighted by atomic mass is 16.4. The minimum atomic E-state index is -1.51. The molecule has 0 aromatic heterocycles. The maximum atomic E-state index is 12.3. The zero-order chi connectivity index (χ0) is 19.6. The van der Waals surface area contributed by atoms with Crippen LogP contribution in [0.5, 0.6) is 0 Å². The molecule has 0 unspecified atom stereocenters. The fourth-order valence-electron chi connectivity index (χ4n) is 1.92. The van der Waals surface area contributed by atoms with Gasteiger partial charge in [-0.15, -0.1) is 0 Å². The highest BCUT2D eigenvalue weighted by molar-refractivity contribution is 5.93. The summed E-state index contributed by atoms with van der Waals surface area (Å²) >= 11 is 0. The van der Waals surface area contributed by atoms with Crippen molar-refractivity contribution < 1.29 is 29.4 Å². The topological polar surface area (TPSA) is 211 Å². The van der Waals surface area contributed by atoms with Gasteiger partial charge in [0, 0.05) is 0 Å². The van der Waals surface area contributed by atoms with E-state index < -0.39 is 54.3 Å². The molecule has 0 aliphatic heterocycles. The molecule has 0 aliphatic carbocycles. The van der Waals surface area contributed by atoms with E-state index in [4.69, 9.17) is 22.3 Å². The number of aliphatic hydroxyl groups is 1. The maximum absolute atomic E-state index is 12.3. The molecule has 0 aromatic carbocycles. The van der Waals surface area contributed by atoms with Crippen molar-refractivity contribution in [3.8, 4) is 0 Å². The quantitative estimate of drug-likeness (QED) is 0.175. The monoisotopic (exact) mass is 361 g/mol. The van der Waals surface area contributed by atoms with Crippen LogP contribution >= 0.6 is 0 Å². The first-order valence-corrected chi connectivity index (χ1v) is 7.85. The number of hydrogen-bond donors (Lipinski definition) is 7. The number of carboxylic acid groups (broad SMARTS) is 1. The van der Waals surface area contributed by atoms with Crippen molar-refractivity contribution in [3.63, 3.8) is 0 Å². The van der Waals surface area contributed by atoms with Crippen molar-refractivity contribution >= 4 is 23.7 Å². The van der Waals surface area contributed by atoms with Crippen molar-refractivity contribution in [3.05, 3.63) is 0 Å². The van der Waals surface area contributed by atoms with Gasteiger partial charge >= 0.3 is 5.97 Å². The van der Waals surface area contributed by atoms with E-state index in [1.165, 1.54) is 6.92 Å². The lowest BCUT2D eigenvalue weighted by atomic mass is 10.1. The molecule has 144 valence electrons. The van der Waals surface area contributed by atoms with E-state index in [-0.39, 0.29) is 6.42 Å². The van der Waals surface area contributed by atoms with Crippen molar-refractivity contribution in [2.24, 2.45) is 17.2 Å². The molecule has 11 heteroatoms. The standard InChI is InChI=1S/C14H27N5O6/c1-7(20)11(17)13(23)18-8(4-2-3-5-15)12(22)19-9(14(24)25)6-10(16)21/h7-9,11,20H,2-6,15,17H2,1H3,(H2,16,21)(H,18,23)(H,19,22)(H,24,25)/t7-,8-,9+,11+/m1/s1. The molecule has 10 N–H and O–H groups in total. The maximum Gasteiger partial charge on any atom is 0.326 e. The van der Waals surface area contributed by atoms with Gasteiger partial charge in [-0.1, -0.05) is 0 Å². The number of aliphatic carboxylic acids is 1. The summed E-state index contributed by atoms with van der Waals surface area (Å²) in [6.07, 6.45) is -0.450. The van der Waals surface area contributed by atoms with Crippen molar-refractivity contribution in [1.82, 2.24) is 10.6 Å². The number of unbranched alkanes of at least 4 members (excludes halogenated alkanes) is 1. The summed E-state index contributed by atoms with van der Waals surface area (Å²) in [6.45, 7) is 1.70. The lowest BCUT2D eigenvalue weighted by Crippen LogP contribution is -2.56. The van der Waals surface area contributed by atoms with Crippen LogP contribution in [0.2, 0.25) is 0 Å². The number of aliphatic hydroxyl groups excluding tert-OH is 1. The van der Waals surface area contributed by atoms with Gasteiger partial charge in [-0.3, -0.25) is 14.4 Å². The first kappa shape index (κ1) is 22.8. The van der Waals surface area contributed by atoms with E-state index >= 15 is 0 Å². The fraction of sp³-hybridized carbons (Fsp3) is 0.714. The van der Waals surface area contributed by atoms with Gasteiger partial charge in [0.05, 0.1) is 12.5 Å². The number of nitrogens with one attached hydrogen (secondary N) is 2. The third-order valence-corrected chi connectivity index (χ3v) is 3.42. The lowest BCUT2D eigenvalue weighted by Gasteiger charge is -2.23. The smallest absolute Gasteiger partial charge is 0.326 e. The zero-order valence-electron chi connectivity index (χ0n) is 14.1. The van der Waals surface area contributed by atoms with E-state index in [0.717, 1.165) is 0 Å². The Morgan fingerprint density at radius 3 is 2.04 bits per heavy atom. The first-order chi connectivity index (χ1) is 11.6. The van der Waals surface area contributed by atoms with Gasteiger partial charge < -0.3 is 38.0 Å². The van der Waals surface area contributed by atoms with Crippen molar-refractivity contribution in [2.45, 2.75) is 56.8 Å². The molecule has 11 nitrogen and oxygen atoms in total. The molecule has 0 fully saturated rings. The molecule has 0 saturated carbocycles. The van der Waals surface area contributed by atoms with E-state index in [1.54, 1.807) is 0 Å². The number of amides is 3. The second-order valence-corrected chi connectivity index (χ2v) is 5.68. The number of carboxylic acids is 1. The number of nitrogens with two attached hydrogens (primary N) is 3. The van der Waals surface area contributed by atoms with Gasteiger partial charge in [0.1, 0.15) is 18.1 Å². The molecule has 0 aliphatic rings. The molecule has 0 aromatic rings. The Morgan fingerprint density at radius 2 is 1.60 bits per heavy atom. The molecular formula is C14H27N5O6. The van der Waals surface area contributed by atoms with Crippen molar-refractivity contribution in [1.29, 1.82) is 0 Å². The van der Waals surface area contributed by atoms with E-state index in [1.807, 2.05) is 0 Å². The number of carbonyl (C=O) groups excluding carboxylic acids is 3. The summed E-state index contributed by atoms with van der Waals surface area (Å²) in [4.78, 5) is 46.2. The number of hydrogen-bond acceptors (Lipinski definition) is 7. The highest BCUT2D eigenvalue weighted by Gasteiger charge is 2.29. The SMILES string of the molecule is C[C@@H](O)[C@H](N)C(=O)N[C@H](CCCCN)C(=O)N[C@@H](CC(N)=O)C(=O)O. The molecule has 0 bridgehead atoms. The van der Waals surface area contributed by atoms with Crippen LogP contribution in [-0.2, 0) is 19.2 Å². The van der Waals surface area contributed by atoms with E-state index in [2.05, 4.69) is 10.6 Å². The second-order valence-electron chi connectivity index (χ2n) is 5.68. The van der Waals surface area contributed by atoms with Crippen LogP contribution in [0.1, 0.15) is 32.6 Å². The third kappa shape index (κ3) is 8.98. The molecule has 25 heavy (non-hydrogen) atoms.